The van der Waals surface area contributed by atoms with Gasteiger partial charge in [-0.1, -0.05) is 30.7 Å². The van der Waals surface area contributed by atoms with Crippen LogP contribution in [-0.4, -0.2) is 64.9 Å². The van der Waals surface area contributed by atoms with Gasteiger partial charge >= 0.3 is 6.03 Å². The van der Waals surface area contributed by atoms with E-state index in [-0.39, 0.29) is 35.7 Å². The van der Waals surface area contributed by atoms with Crippen molar-refractivity contribution in [2.45, 2.75) is 135 Å². The molecule has 4 unspecified atom stereocenters. The lowest BCUT2D eigenvalue weighted by Gasteiger charge is -2.58. The second-order valence-electron chi connectivity index (χ2n) is 18.4. The van der Waals surface area contributed by atoms with Crippen LogP contribution in [0.5, 0.6) is 5.75 Å². The van der Waals surface area contributed by atoms with Gasteiger partial charge in [-0.3, -0.25) is 4.79 Å². The summed E-state index contributed by atoms with van der Waals surface area (Å²) in [6.07, 6.45) is 14.1. The number of nitrogens with one attached hydrogen (secondary N) is 1. The molecule has 7 aliphatic carbocycles. The molecule has 9 rings (SSSR count). The van der Waals surface area contributed by atoms with Crippen LogP contribution in [-0.2, 0) is 6.42 Å². The Kier molecular flexibility index (Phi) is 10.4. The highest BCUT2D eigenvalue weighted by atomic mass is 16.5. The minimum atomic E-state index is -1.15. The Morgan fingerprint density at radius 2 is 1.63 bits per heavy atom. The quantitative estimate of drug-likeness (QED) is 0.188. The van der Waals surface area contributed by atoms with E-state index < -0.39 is 17.1 Å². The van der Waals surface area contributed by atoms with Crippen LogP contribution in [0, 0.1) is 28.6 Å². The van der Waals surface area contributed by atoms with Gasteiger partial charge in [-0.05, 0) is 175 Å². The number of rotatable bonds is 8. The van der Waals surface area contributed by atoms with Gasteiger partial charge in [-0.25, -0.2) is 4.79 Å². The molecule has 2 aromatic carbocycles. The summed E-state index contributed by atoms with van der Waals surface area (Å²) in [6, 6.07) is 13.4. The fraction of sp³-hybridized carbons (Fsp3) is 0.644. The van der Waals surface area contributed by atoms with Gasteiger partial charge < -0.3 is 25.2 Å². The van der Waals surface area contributed by atoms with Crippen molar-refractivity contribution in [2.24, 2.45) is 28.6 Å². The maximum atomic E-state index is 14.5. The van der Waals surface area contributed by atoms with Gasteiger partial charge in [0, 0.05) is 29.1 Å². The normalized spacial score (nSPS) is 34.1. The molecule has 7 nitrogen and oxygen atoms in total. The number of aliphatic hydroxyl groups excluding tert-OH is 1. The number of nitrogens with zero attached hydrogens (tertiary/aromatic N) is 1. The second kappa shape index (κ2) is 14.6. The van der Waals surface area contributed by atoms with E-state index in [1.165, 1.54) is 44.1 Å². The molecule has 4 atom stereocenters. The van der Waals surface area contributed by atoms with E-state index in [2.05, 4.69) is 37.4 Å². The number of ketones is 1. The van der Waals surface area contributed by atoms with Crippen molar-refractivity contribution in [2.75, 3.05) is 20.2 Å². The molecule has 0 heterocycles. The predicted octanol–water partition coefficient (Wildman–Crippen LogP) is 8.60. The van der Waals surface area contributed by atoms with Crippen molar-refractivity contribution in [3.8, 4) is 5.75 Å². The van der Waals surface area contributed by atoms with E-state index in [0.29, 0.717) is 42.7 Å². The summed E-state index contributed by atoms with van der Waals surface area (Å²) in [5.41, 5.74) is 2.75. The van der Waals surface area contributed by atoms with Crippen molar-refractivity contribution in [3.05, 3.63) is 76.4 Å². The van der Waals surface area contributed by atoms with Crippen LogP contribution < -0.4 is 10.1 Å². The van der Waals surface area contributed by atoms with Crippen LogP contribution in [0.1, 0.15) is 138 Å². The van der Waals surface area contributed by atoms with E-state index in [1.807, 2.05) is 49.1 Å². The van der Waals surface area contributed by atoms with Crippen LogP contribution in [0.3, 0.4) is 0 Å². The number of fused-ring (bicyclic) bond motifs is 8. The number of allylic oxidation sites excluding steroid dienone is 2. The van der Waals surface area contributed by atoms with E-state index in [4.69, 9.17) is 4.74 Å². The molecule has 5 fully saturated rings. The third-order valence-electron chi connectivity index (χ3n) is 14.1. The molecule has 0 aliphatic heterocycles. The maximum absolute atomic E-state index is 14.5. The van der Waals surface area contributed by atoms with Crippen molar-refractivity contribution < 1.29 is 24.5 Å². The Hall–Kier alpha value is -3.16. The highest BCUT2D eigenvalue weighted by Gasteiger charge is 2.59. The number of methoxy groups -OCH3 is 1. The van der Waals surface area contributed by atoms with E-state index in [1.54, 1.807) is 7.11 Å². The summed E-state index contributed by atoms with van der Waals surface area (Å²) in [4.78, 5) is 30.7. The maximum Gasteiger partial charge on any atom is 0.317 e. The minimum absolute atomic E-state index is 0.000976. The van der Waals surface area contributed by atoms with E-state index in [0.717, 1.165) is 54.6 Å². The number of aliphatic hydroxyl groups is 2. The number of urea groups is 1. The van der Waals surface area contributed by atoms with Crippen molar-refractivity contribution in [3.63, 3.8) is 0 Å². The molecule has 0 spiro atoms. The summed E-state index contributed by atoms with van der Waals surface area (Å²) >= 11 is 0. The van der Waals surface area contributed by atoms with Crippen molar-refractivity contribution >= 4 is 11.8 Å². The zero-order valence-electron chi connectivity index (χ0n) is 32.3. The number of hydrogen-bond acceptors (Lipinski definition) is 5. The van der Waals surface area contributed by atoms with Crippen LogP contribution >= 0.6 is 0 Å². The molecule has 3 N–H and O–H groups in total. The first kappa shape index (κ1) is 37.2. The molecule has 5 saturated carbocycles. The first-order chi connectivity index (χ1) is 24.8. The van der Waals surface area contributed by atoms with E-state index >= 15 is 0 Å². The molecule has 7 aliphatic rings. The molecule has 2 aromatic rings. The average Bonchev–Trinajstić information content (AvgIpc) is 3.34. The van der Waals surface area contributed by atoms with Gasteiger partial charge in [-0.15, -0.1) is 0 Å². The molecule has 0 aromatic heterocycles. The molecule has 0 radical (unpaired) electrons. The van der Waals surface area contributed by atoms with Crippen LogP contribution in [0.25, 0.3) is 0 Å². The zero-order chi connectivity index (χ0) is 36.8. The summed E-state index contributed by atoms with van der Waals surface area (Å²) in [5, 5.41) is 27.4. The number of benzene rings is 2. The summed E-state index contributed by atoms with van der Waals surface area (Å²) in [6.45, 7) is 9.38. The predicted molar refractivity (Wildman–Crippen MR) is 206 cm³/mol. The van der Waals surface area contributed by atoms with Crippen molar-refractivity contribution in [1.29, 1.82) is 0 Å². The van der Waals surface area contributed by atoms with Crippen molar-refractivity contribution in [1.82, 2.24) is 10.2 Å². The van der Waals surface area contributed by atoms with Gasteiger partial charge in [0.25, 0.3) is 0 Å². The Labute approximate surface area is 311 Å². The first-order valence-electron chi connectivity index (χ1n) is 20.2. The Morgan fingerprint density at radius 1 is 0.962 bits per heavy atom. The highest BCUT2D eigenvalue weighted by Crippen LogP contribution is 2.62. The monoisotopic (exact) mass is 710 g/mol. The molecular weight excluding hydrogens is 649 g/mol. The molecule has 52 heavy (non-hydrogen) atoms. The van der Waals surface area contributed by atoms with E-state index in [9.17, 15) is 19.8 Å². The lowest BCUT2D eigenvalue weighted by molar-refractivity contribution is -0.0985. The van der Waals surface area contributed by atoms with Gasteiger partial charge in [-0.2, -0.15) is 0 Å². The Balaban J connectivity index is 1.27. The average molecular weight is 711 g/mol. The number of ether oxygens (including phenoxy) is 1. The number of carbonyl (C=O) groups is 2. The third-order valence-corrected chi connectivity index (χ3v) is 14.1. The lowest BCUT2D eigenvalue weighted by Crippen LogP contribution is -2.59. The molecule has 7 heteroatoms. The lowest BCUT2D eigenvalue weighted by atomic mass is 9.49. The smallest absolute Gasteiger partial charge is 0.317 e. The highest BCUT2D eigenvalue weighted by molar-refractivity contribution is 6.10. The van der Waals surface area contributed by atoms with Crippen LogP contribution in [0.4, 0.5) is 4.79 Å². The van der Waals surface area contributed by atoms with Gasteiger partial charge in [0.15, 0.2) is 5.78 Å². The topological polar surface area (TPSA) is 99.1 Å². The number of carbonyl (C=O) groups excluding carboxylic acids is 2. The molecule has 282 valence electrons. The van der Waals surface area contributed by atoms with Gasteiger partial charge in [0.1, 0.15) is 5.75 Å². The van der Waals surface area contributed by atoms with Crippen LogP contribution in [0.2, 0.25) is 0 Å². The Bertz CT molecular complexity index is 1630. The third kappa shape index (κ3) is 7.33. The fourth-order valence-electron chi connectivity index (χ4n) is 11.8. The number of hydrogen-bond donors (Lipinski definition) is 3. The summed E-state index contributed by atoms with van der Waals surface area (Å²) < 4.78 is 5.38. The SMILES string of the molecule is COc1ccc(C(=O)c2cc3ccc2C2CCC(O)(CN(CC45CC6CC(CC(C6)C4)C5)C(=O)NC(C)C)C2(C)CCC=C(C)CCC(O)C3)cc1. The fourth-order valence-corrected chi connectivity index (χ4v) is 11.8. The first-order valence-corrected chi connectivity index (χ1v) is 20.2. The Morgan fingerprint density at radius 3 is 2.27 bits per heavy atom. The summed E-state index contributed by atoms with van der Waals surface area (Å²) in [5.74, 6) is 2.86. The van der Waals surface area contributed by atoms with Gasteiger partial charge in [0.2, 0.25) is 0 Å². The molecular formula is C45H62N2O5. The molecule has 0 saturated heterocycles. The molecule has 6 bridgehead atoms. The summed E-state index contributed by atoms with van der Waals surface area (Å²) in [7, 11) is 1.62. The number of amides is 2. The van der Waals surface area contributed by atoms with Crippen LogP contribution in [0.15, 0.2) is 54.1 Å². The minimum Gasteiger partial charge on any atom is -0.497 e. The molecule has 2 amide bonds. The largest absolute Gasteiger partial charge is 0.497 e. The second-order valence-corrected chi connectivity index (χ2v) is 18.4. The zero-order valence-corrected chi connectivity index (χ0v) is 32.3. The standard InChI is InChI=1S/C45H62N2O5/c1-29(2)46-42(50)47(27-44-24-32-19-33(25-44)21-34(20-32)26-44)28-45(51)18-16-40-38-15-9-31(22-36(48)12-8-30(3)7-6-17-43(40,45)4)23-39(38)41(49)35-10-13-37(52-5)14-11-35/h7,9-11,13-15,23,29,32-34,36,40,48,51H,6,8,12,16-22,24-28H2,1-5H3,(H,46,50). The van der Waals surface area contributed by atoms with Gasteiger partial charge in [0.05, 0.1) is 25.4 Å².